The van der Waals surface area contributed by atoms with Crippen molar-refractivity contribution in [1.82, 2.24) is 0 Å². The minimum Gasteiger partial charge on any atom is -0.497 e. The van der Waals surface area contributed by atoms with Crippen LogP contribution in [0.4, 0.5) is 11.4 Å². The summed E-state index contributed by atoms with van der Waals surface area (Å²) < 4.78 is 5.14. The average Bonchev–Trinajstić information content (AvgIpc) is 2.78. The van der Waals surface area contributed by atoms with E-state index in [1.165, 1.54) is 11.8 Å². The van der Waals surface area contributed by atoms with E-state index in [2.05, 4.69) is 10.6 Å². The Morgan fingerprint density at radius 2 is 2.12 bits per heavy atom. The number of hydrogen-bond donors (Lipinski definition) is 2. The van der Waals surface area contributed by atoms with Gasteiger partial charge in [-0.15, -0.1) is 11.8 Å². The van der Waals surface area contributed by atoms with Crippen molar-refractivity contribution in [3.8, 4) is 5.75 Å². The molecule has 0 radical (unpaired) electrons. The molecule has 2 aromatic carbocycles. The molecule has 1 heterocycles. The lowest BCUT2D eigenvalue weighted by Crippen LogP contribution is -2.26. The summed E-state index contributed by atoms with van der Waals surface area (Å²) in [6.45, 7) is 0. The maximum absolute atomic E-state index is 12.4. The maximum atomic E-state index is 12.4. The third-order valence-electron chi connectivity index (χ3n) is 4.01. The molecule has 0 bridgehead atoms. The van der Waals surface area contributed by atoms with Crippen LogP contribution < -0.4 is 15.4 Å². The topological polar surface area (TPSA) is 67.4 Å². The van der Waals surface area contributed by atoms with Crippen LogP contribution in [0.1, 0.15) is 12.0 Å². The third kappa shape index (κ3) is 4.54. The zero-order valence-electron chi connectivity index (χ0n) is 14.0. The van der Waals surface area contributed by atoms with E-state index in [4.69, 9.17) is 4.74 Å². The number of nitrogens with one attached hydrogen (secondary N) is 2. The van der Waals surface area contributed by atoms with Crippen molar-refractivity contribution in [3.05, 3.63) is 54.1 Å². The summed E-state index contributed by atoms with van der Waals surface area (Å²) in [5.74, 6) is 0.745. The fourth-order valence-corrected chi connectivity index (χ4v) is 3.64. The summed E-state index contributed by atoms with van der Waals surface area (Å²) in [6.07, 6.45) is 1.55. The van der Waals surface area contributed by atoms with E-state index in [9.17, 15) is 9.59 Å². The second-order valence-corrected chi connectivity index (χ2v) is 6.96. The molecule has 0 fully saturated rings. The standard InChI is InChI=1S/C19H20N2O3S/c1-24-15-7-4-6-14(11-15)20-18(22)12-25-17-10-9-13-5-2-3-8-16(13)21-19(17)23/h2-8,11,17H,9-10,12H2,1H3,(H,20,22)(H,21,23). The quantitative estimate of drug-likeness (QED) is 0.862. The lowest BCUT2D eigenvalue weighted by molar-refractivity contribution is -0.115. The van der Waals surface area contributed by atoms with Crippen molar-refractivity contribution in [3.63, 3.8) is 0 Å². The lowest BCUT2D eigenvalue weighted by atomic mass is 10.1. The molecule has 0 saturated heterocycles. The predicted octanol–water partition coefficient (Wildman–Crippen LogP) is 3.32. The lowest BCUT2D eigenvalue weighted by Gasteiger charge is -2.13. The Kier molecular flexibility index (Phi) is 5.60. The second kappa shape index (κ2) is 8.07. The van der Waals surface area contributed by atoms with Crippen LogP contribution in [-0.2, 0) is 16.0 Å². The van der Waals surface area contributed by atoms with Gasteiger partial charge in [0.2, 0.25) is 11.8 Å². The van der Waals surface area contributed by atoms with Gasteiger partial charge < -0.3 is 15.4 Å². The summed E-state index contributed by atoms with van der Waals surface area (Å²) in [4.78, 5) is 24.5. The van der Waals surface area contributed by atoms with Gasteiger partial charge in [0, 0.05) is 17.4 Å². The van der Waals surface area contributed by atoms with E-state index >= 15 is 0 Å². The molecule has 25 heavy (non-hydrogen) atoms. The molecule has 1 aliphatic heterocycles. The van der Waals surface area contributed by atoms with Crippen LogP contribution in [0.15, 0.2) is 48.5 Å². The first-order valence-corrected chi connectivity index (χ1v) is 9.15. The van der Waals surface area contributed by atoms with Crippen LogP contribution in [0.3, 0.4) is 0 Å². The van der Waals surface area contributed by atoms with Crippen molar-refractivity contribution in [2.24, 2.45) is 0 Å². The van der Waals surface area contributed by atoms with Gasteiger partial charge in [0.1, 0.15) is 5.75 Å². The number of aryl methyl sites for hydroxylation is 1. The van der Waals surface area contributed by atoms with E-state index < -0.39 is 0 Å². The highest BCUT2D eigenvalue weighted by molar-refractivity contribution is 8.01. The monoisotopic (exact) mass is 356 g/mol. The number of benzene rings is 2. The van der Waals surface area contributed by atoms with Crippen molar-refractivity contribution in [2.45, 2.75) is 18.1 Å². The number of thioether (sulfide) groups is 1. The van der Waals surface area contributed by atoms with Crippen LogP contribution >= 0.6 is 11.8 Å². The zero-order chi connectivity index (χ0) is 17.6. The summed E-state index contributed by atoms with van der Waals surface area (Å²) in [5, 5.41) is 5.55. The zero-order valence-corrected chi connectivity index (χ0v) is 14.8. The third-order valence-corrected chi connectivity index (χ3v) is 5.29. The van der Waals surface area contributed by atoms with Crippen molar-refractivity contribution in [2.75, 3.05) is 23.5 Å². The molecule has 2 N–H and O–H groups in total. The molecule has 2 aromatic rings. The molecule has 0 aliphatic carbocycles. The van der Waals surface area contributed by atoms with Gasteiger partial charge in [0.25, 0.3) is 0 Å². The first-order chi connectivity index (χ1) is 12.2. The molecule has 5 nitrogen and oxygen atoms in total. The average molecular weight is 356 g/mol. The molecule has 0 saturated carbocycles. The van der Waals surface area contributed by atoms with Crippen LogP contribution in [0.25, 0.3) is 0 Å². The van der Waals surface area contributed by atoms with Gasteiger partial charge >= 0.3 is 0 Å². The Morgan fingerprint density at radius 1 is 1.28 bits per heavy atom. The first-order valence-electron chi connectivity index (χ1n) is 8.10. The molecule has 2 amide bonds. The molecule has 1 unspecified atom stereocenters. The van der Waals surface area contributed by atoms with Crippen molar-refractivity contribution >= 4 is 35.0 Å². The number of methoxy groups -OCH3 is 1. The van der Waals surface area contributed by atoms with Crippen LogP contribution in [-0.4, -0.2) is 29.9 Å². The summed E-state index contributed by atoms with van der Waals surface area (Å²) >= 11 is 1.37. The molecule has 6 heteroatoms. The van der Waals surface area contributed by atoms with E-state index in [0.717, 1.165) is 24.1 Å². The minimum atomic E-state index is -0.233. The number of rotatable bonds is 5. The Bertz CT molecular complexity index is 779. The Hall–Kier alpha value is -2.47. The summed E-state index contributed by atoms with van der Waals surface area (Å²) in [6, 6.07) is 15.0. The number of ether oxygens (including phenoxy) is 1. The summed E-state index contributed by atoms with van der Waals surface area (Å²) in [5.41, 5.74) is 2.69. The van der Waals surface area contributed by atoms with E-state index in [0.29, 0.717) is 11.4 Å². The number of fused-ring (bicyclic) bond motifs is 1. The van der Waals surface area contributed by atoms with Gasteiger partial charge in [0.15, 0.2) is 0 Å². The van der Waals surface area contributed by atoms with Crippen LogP contribution in [0.5, 0.6) is 5.75 Å². The fraction of sp³-hybridized carbons (Fsp3) is 0.263. The smallest absolute Gasteiger partial charge is 0.237 e. The number of para-hydroxylation sites is 1. The SMILES string of the molecule is COc1cccc(NC(=O)CSC2CCc3ccccc3NC2=O)c1. The van der Waals surface area contributed by atoms with Crippen molar-refractivity contribution in [1.29, 1.82) is 0 Å². The number of amides is 2. The van der Waals surface area contributed by atoms with E-state index in [1.54, 1.807) is 19.2 Å². The van der Waals surface area contributed by atoms with Gasteiger partial charge in [-0.05, 0) is 36.6 Å². The normalized spacial score (nSPS) is 16.4. The molecule has 1 aliphatic rings. The molecule has 0 spiro atoms. The molecule has 0 aromatic heterocycles. The van der Waals surface area contributed by atoms with Gasteiger partial charge in [0.05, 0.1) is 18.1 Å². The second-order valence-electron chi connectivity index (χ2n) is 5.76. The molecule has 3 rings (SSSR count). The van der Waals surface area contributed by atoms with E-state index in [1.807, 2.05) is 36.4 Å². The number of carbonyl (C=O) groups excluding carboxylic acids is 2. The number of anilines is 2. The van der Waals surface area contributed by atoms with Crippen LogP contribution in [0, 0.1) is 0 Å². The van der Waals surface area contributed by atoms with E-state index in [-0.39, 0.29) is 22.8 Å². The van der Waals surface area contributed by atoms with Gasteiger partial charge in [-0.25, -0.2) is 0 Å². The maximum Gasteiger partial charge on any atom is 0.237 e. The van der Waals surface area contributed by atoms with Crippen LogP contribution in [0.2, 0.25) is 0 Å². The highest BCUT2D eigenvalue weighted by Gasteiger charge is 2.24. The number of hydrogen-bond acceptors (Lipinski definition) is 4. The first kappa shape index (κ1) is 17.4. The van der Waals surface area contributed by atoms with Crippen molar-refractivity contribution < 1.29 is 14.3 Å². The van der Waals surface area contributed by atoms with Gasteiger partial charge in [-0.3, -0.25) is 9.59 Å². The molecular weight excluding hydrogens is 336 g/mol. The predicted molar refractivity (Wildman–Crippen MR) is 101 cm³/mol. The highest BCUT2D eigenvalue weighted by Crippen LogP contribution is 2.27. The van der Waals surface area contributed by atoms with Gasteiger partial charge in [-0.1, -0.05) is 24.3 Å². The Balaban J connectivity index is 1.54. The fourth-order valence-electron chi connectivity index (χ4n) is 2.72. The van der Waals surface area contributed by atoms with Gasteiger partial charge in [-0.2, -0.15) is 0 Å². The Labute approximate surface area is 151 Å². The largest absolute Gasteiger partial charge is 0.497 e. The minimum absolute atomic E-state index is 0.0378. The Morgan fingerprint density at radius 3 is 2.96 bits per heavy atom. The molecular formula is C19H20N2O3S. The summed E-state index contributed by atoms with van der Waals surface area (Å²) in [7, 11) is 1.58. The highest BCUT2D eigenvalue weighted by atomic mass is 32.2. The molecule has 1 atom stereocenters. The number of carbonyl (C=O) groups is 2. The molecule has 130 valence electrons.